The first kappa shape index (κ1) is 16.3. The maximum Gasteiger partial charge on any atom is 0.125 e. The molecule has 1 aromatic rings. The van der Waals surface area contributed by atoms with Crippen molar-refractivity contribution in [2.75, 3.05) is 11.9 Å². The lowest BCUT2D eigenvalue weighted by Crippen LogP contribution is -2.42. The van der Waals surface area contributed by atoms with Gasteiger partial charge in [-0.3, -0.25) is 0 Å². The molecule has 1 aromatic carbocycles. The summed E-state index contributed by atoms with van der Waals surface area (Å²) in [4.78, 5) is 0. The zero-order valence-corrected chi connectivity index (χ0v) is 12.6. The van der Waals surface area contributed by atoms with Crippen molar-refractivity contribution < 1.29 is 4.39 Å². The first-order chi connectivity index (χ1) is 9.00. The predicted octanol–water partition coefficient (Wildman–Crippen LogP) is 4.58. The van der Waals surface area contributed by atoms with Gasteiger partial charge in [-0.2, -0.15) is 0 Å². The second kappa shape index (κ2) is 7.71. The third-order valence-electron chi connectivity index (χ3n) is 3.40. The molecule has 0 saturated heterocycles. The molecule has 1 rings (SSSR count). The molecule has 0 amide bonds. The Labute approximate surface area is 120 Å². The highest BCUT2D eigenvalue weighted by molar-refractivity contribution is 6.33. The molecule has 0 radical (unpaired) electrons. The van der Waals surface area contributed by atoms with Crippen LogP contribution in [-0.4, -0.2) is 12.1 Å². The average Bonchev–Trinajstić information content (AvgIpc) is 2.39. The average molecular weight is 287 g/mol. The van der Waals surface area contributed by atoms with Crippen molar-refractivity contribution in [3.63, 3.8) is 0 Å². The number of nitrogens with two attached hydrogens (primary N) is 1. The molecule has 108 valence electrons. The molecular weight excluding hydrogens is 263 g/mol. The van der Waals surface area contributed by atoms with Crippen molar-refractivity contribution >= 4 is 17.3 Å². The number of unbranched alkanes of at least 4 members (excludes halogenated alkanes) is 3. The lowest BCUT2D eigenvalue weighted by molar-refractivity contribution is 0.451. The number of halogens is 2. The summed E-state index contributed by atoms with van der Waals surface area (Å²) in [7, 11) is 0. The summed E-state index contributed by atoms with van der Waals surface area (Å²) in [6.07, 6.45) is 5.71. The molecule has 0 aliphatic rings. The largest absolute Gasteiger partial charge is 0.377 e. The predicted molar refractivity (Wildman–Crippen MR) is 81.3 cm³/mol. The normalized spacial score (nSPS) is 14.2. The van der Waals surface area contributed by atoms with Crippen LogP contribution < -0.4 is 11.1 Å². The van der Waals surface area contributed by atoms with Gasteiger partial charge in [-0.1, -0.05) is 44.2 Å². The summed E-state index contributed by atoms with van der Waals surface area (Å²) in [6, 6.07) is 4.34. The van der Waals surface area contributed by atoms with Crippen LogP contribution in [0, 0.1) is 5.82 Å². The Kier molecular flexibility index (Phi) is 6.59. The number of hydrogen-bond donors (Lipinski definition) is 2. The van der Waals surface area contributed by atoms with E-state index in [0.717, 1.165) is 12.8 Å². The minimum Gasteiger partial charge on any atom is -0.377 e. The molecular formula is C15H24ClFN2. The fraction of sp³-hybridized carbons (Fsp3) is 0.600. The standard InChI is InChI=1S/C15H24ClFN2/c1-3-4-5-6-9-15(2,11-18)19-14-10-12(17)7-8-13(14)16/h7-8,10,19H,3-6,9,11,18H2,1-2H3. The lowest BCUT2D eigenvalue weighted by atomic mass is 9.93. The van der Waals surface area contributed by atoms with Gasteiger partial charge in [0, 0.05) is 12.1 Å². The highest BCUT2D eigenvalue weighted by Gasteiger charge is 2.22. The lowest BCUT2D eigenvalue weighted by Gasteiger charge is -2.31. The summed E-state index contributed by atoms with van der Waals surface area (Å²) in [6.45, 7) is 4.74. The minimum atomic E-state index is -0.294. The van der Waals surface area contributed by atoms with Crippen LogP contribution in [0.15, 0.2) is 18.2 Å². The van der Waals surface area contributed by atoms with Gasteiger partial charge in [-0.25, -0.2) is 4.39 Å². The fourth-order valence-corrected chi connectivity index (χ4v) is 2.24. The molecule has 0 saturated carbocycles. The topological polar surface area (TPSA) is 38.0 Å². The van der Waals surface area contributed by atoms with Gasteiger partial charge >= 0.3 is 0 Å². The van der Waals surface area contributed by atoms with E-state index in [1.807, 2.05) is 0 Å². The molecule has 3 N–H and O–H groups in total. The van der Waals surface area contributed by atoms with Crippen molar-refractivity contribution in [3.05, 3.63) is 29.0 Å². The number of nitrogens with one attached hydrogen (secondary N) is 1. The van der Waals surface area contributed by atoms with E-state index < -0.39 is 0 Å². The van der Waals surface area contributed by atoms with E-state index in [4.69, 9.17) is 17.3 Å². The van der Waals surface area contributed by atoms with Crippen LogP contribution in [0.3, 0.4) is 0 Å². The minimum absolute atomic E-state index is 0.245. The van der Waals surface area contributed by atoms with Crippen molar-refractivity contribution in [2.24, 2.45) is 5.73 Å². The SMILES string of the molecule is CCCCCCC(C)(CN)Nc1cc(F)ccc1Cl. The molecule has 0 aliphatic heterocycles. The third kappa shape index (κ3) is 5.37. The highest BCUT2D eigenvalue weighted by atomic mass is 35.5. The maximum absolute atomic E-state index is 13.2. The van der Waals surface area contributed by atoms with Gasteiger partial charge < -0.3 is 11.1 Å². The fourth-order valence-electron chi connectivity index (χ4n) is 2.08. The quantitative estimate of drug-likeness (QED) is 0.687. The first-order valence-corrected chi connectivity index (χ1v) is 7.32. The molecule has 0 aliphatic carbocycles. The number of hydrogen-bond acceptors (Lipinski definition) is 2. The van der Waals surface area contributed by atoms with Crippen LogP contribution in [0.1, 0.15) is 46.0 Å². The van der Waals surface area contributed by atoms with Crippen LogP contribution in [0.25, 0.3) is 0 Å². The van der Waals surface area contributed by atoms with Crippen LogP contribution >= 0.6 is 11.6 Å². The second-order valence-corrected chi connectivity index (χ2v) is 5.73. The maximum atomic E-state index is 13.2. The molecule has 2 nitrogen and oxygen atoms in total. The zero-order valence-electron chi connectivity index (χ0n) is 11.8. The molecule has 0 heterocycles. The molecule has 1 unspecified atom stereocenters. The first-order valence-electron chi connectivity index (χ1n) is 6.94. The molecule has 19 heavy (non-hydrogen) atoms. The molecule has 4 heteroatoms. The Morgan fingerprint density at radius 1 is 1.32 bits per heavy atom. The smallest absolute Gasteiger partial charge is 0.125 e. The van der Waals surface area contributed by atoms with Gasteiger partial charge in [0.15, 0.2) is 0 Å². The van der Waals surface area contributed by atoms with Crippen LogP contribution in [0.2, 0.25) is 5.02 Å². The van der Waals surface area contributed by atoms with E-state index in [1.165, 1.54) is 31.4 Å². The van der Waals surface area contributed by atoms with Gasteiger partial charge in [0.25, 0.3) is 0 Å². The molecule has 0 spiro atoms. The highest BCUT2D eigenvalue weighted by Crippen LogP contribution is 2.27. The van der Waals surface area contributed by atoms with E-state index in [2.05, 4.69) is 19.2 Å². The van der Waals surface area contributed by atoms with Crippen LogP contribution in [0.4, 0.5) is 10.1 Å². The molecule has 0 aromatic heterocycles. The van der Waals surface area contributed by atoms with Crippen LogP contribution in [-0.2, 0) is 0 Å². The number of anilines is 1. The number of benzene rings is 1. The Morgan fingerprint density at radius 2 is 2.05 bits per heavy atom. The van der Waals surface area contributed by atoms with E-state index >= 15 is 0 Å². The van der Waals surface area contributed by atoms with Crippen molar-refractivity contribution in [1.29, 1.82) is 0 Å². The summed E-state index contributed by atoms with van der Waals surface area (Å²) >= 11 is 6.07. The third-order valence-corrected chi connectivity index (χ3v) is 3.73. The van der Waals surface area contributed by atoms with E-state index in [9.17, 15) is 4.39 Å². The summed E-state index contributed by atoms with van der Waals surface area (Å²) in [5.41, 5.74) is 6.23. The van der Waals surface area contributed by atoms with E-state index in [0.29, 0.717) is 17.3 Å². The molecule has 1 atom stereocenters. The summed E-state index contributed by atoms with van der Waals surface area (Å²) in [5.74, 6) is -0.294. The molecule has 0 fully saturated rings. The van der Waals surface area contributed by atoms with Gasteiger partial charge in [-0.05, 0) is 31.5 Å². The Morgan fingerprint density at radius 3 is 2.68 bits per heavy atom. The van der Waals surface area contributed by atoms with Gasteiger partial charge in [0.1, 0.15) is 5.82 Å². The summed E-state index contributed by atoms with van der Waals surface area (Å²) in [5, 5.41) is 3.82. The van der Waals surface area contributed by atoms with Crippen molar-refractivity contribution in [2.45, 2.75) is 51.5 Å². The Balaban J connectivity index is 2.66. The van der Waals surface area contributed by atoms with Gasteiger partial charge in [-0.15, -0.1) is 0 Å². The van der Waals surface area contributed by atoms with Gasteiger partial charge in [0.2, 0.25) is 0 Å². The number of rotatable bonds is 8. The van der Waals surface area contributed by atoms with E-state index in [1.54, 1.807) is 6.07 Å². The second-order valence-electron chi connectivity index (χ2n) is 5.32. The van der Waals surface area contributed by atoms with Gasteiger partial charge in [0.05, 0.1) is 10.7 Å². The Hall–Kier alpha value is -0.800. The Bertz CT molecular complexity index is 398. The molecule has 0 bridgehead atoms. The monoisotopic (exact) mass is 286 g/mol. The zero-order chi connectivity index (χ0) is 14.3. The van der Waals surface area contributed by atoms with Crippen molar-refractivity contribution in [1.82, 2.24) is 0 Å². The van der Waals surface area contributed by atoms with E-state index in [-0.39, 0.29) is 11.4 Å². The van der Waals surface area contributed by atoms with Crippen LogP contribution in [0.5, 0.6) is 0 Å². The summed E-state index contributed by atoms with van der Waals surface area (Å²) < 4.78 is 13.2. The van der Waals surface area contributed by atoms with Crippen molar-refractivity contribution in [3.8, 4) is 0 Å².